The lowest BCUT2D eigenvalue weighted by atomic mass is 9.99. The standard InChI is InChI=1S/C21H35N3O3.3ClH/c1-25-19-13-17(14-20(26-2)21(19)27-3)15-22-8-6-9-23-11-12-24-10-5-4-7-18(24)16-23;;;/h13-14,18,22H,4-12,15-16H2,1-3H3;3*1H. The number of nitrogens with zero attached hydrogens (tertiary/aromatic N) is 2. The first-order chi connectivity index (χ1) is 13.2. The van der Waals surface area contributed by atoms with Crippen LogP contribution in [-0.2, 0) is 6.54 Å². The van der Waals surface area contributed by atoms with Crippen LogP contribution in [0.4, 0.5) is 0 Å². The van der Waals surface area contributed by atoms with E-state index < -0.39 is 0 Å². The summed E-state index contributed by atoms with van der Waals surface area (Å²) in [5, 5.41) is 3.55. The molecule has 2 aliphatic heterocycles. The van der Waals surface area contributed by atoms with Crippen molar-refractivity contribution in [1.82, 2.24) is 15.1 Å². The Labute approximate surface area is 200 Å². The lowest BCUT2D eigenvalue weighted by Gasteiger charge is -2.44. The first-order valence-corrected chi connectivity index (χ1v) is 10.2. The van der Waals surface area contributed by atoms with E-state index in [1.807, 2.05) is 12.1 Å². The maximum absolute atomic E-state index is 5.43. The second-order valence-corrected chi connectivity index (χ2v) is 7.55. The van der Waals surface area contributed by atoms with Gasteiger partial charge in [-0.05, 0) is 56.6 Å². The zero-order valence-electron chi connectivity index (χ0n) is 18.4. The van der Waals surface area contributed by atoms with Crippen LogP contribution in [-0.4, -0.2) is 76.4 Å². The molecule has 1 aromatic rings. The van der Waals surface area contributed by atoms with Crippen LogP contribution in [0.2, 0.25) is 0 Å². The molecular formula is C21H38Cl3N3O3. The van der Waals surface area contributed by atoms with Crippen LogP contribution in [0.25, 0.3) is 0 Å². The summed E-state index contributed by atoms with van der Waals surface area (Å²) in [5.74, 6) is 2.06. The summed E-state index contributed by atoms with van der Waals surface area (Å²) in [6.07, 6.45) is 5.36. The van der Waals surface area contributed by atoms with Gasteiger partial charge in [0.2, 0.25) is 5.75 Å². The number of nitrogens with one attached hydrogen (secondary N) is 1. The van der Waals surface area contributed by atoms with E-state index in [4.69, 9.17) is 14.2 Å². The molecule has 176 valence electrons. The van der Waals surface area contributed by atoms with Crippen molar-refractivity contribution in [1.29, 1.82) is 0 Å². The number of ether oxygens (including phenoxy) is 3. The average molecular weight is 487 g/mol. The van der Waals surface area contributed by atoms with Gasteiger partial charge >= 0.3 is 0 Å². The quantitative estimate of drug-likeness (QED) is 0.538. The Morgan fingerprint density at radius 3 is 2.27 bits per heavy atom. The van der Waals surface area contributed by atoms with Crippen molar-refractivity contribution in [3.63, 3.8) is 0 Å². The van der Waals surface area contributed by atoms with E-state index in [0.29, 0.717) is 17.2 Å². The SMILES string of the molecule is COc1cc(CNCCCN2CCN3CCCCC3C2)cc(OC)c1OC.Cl.Cl.Cl. The third-order valence-electron chi connectivity index (χ3n) is 5.80. The van der Waals surface area contributed by atoms with Crippen LogP contribution in [0.3, 0.4) is 0 Å². The van der Waals surface area contributed by atoms with E-state index in [1.165, 1.54) is 58.4 Å². The van der Waals surface area contributed by atoms with Crippen molar-refractivity contribution in [3.05, 3.63) is 17.7 Å². The molecule has 0 aromatic heterocycles. The highest BCUT2D eigenvalue weighted by molar-refractivity contribution is 5.86. The number of piperidine rings is 1. The predicted molar refractivity (Wildman–Crippen MR) is 130 cm³/mol. The summed E-state index contributed by atoms with van der Waals surface area (Å²) < 4.78 is 16.2. The van der Waals surface area contributed by atoms with Gasteiger partial charge in [-0.25, -0.2) is 0 Å². The molecular weight excluding hydrogens is 449 g/mol. The first-order valence-electron chi connectivity index (χ1n) is 10.2. The van der Waals surface area contributed by atoms with Gasteiger partial charge in [-0.2, -0.15) is 0 Å². The number of hydrogen-bond donors (Lipinski definition) is 1. The van der Waals surface area contributed by atoms with E-state index in [1.54, 1.807) is 21.3 Å². The Balaban J connectivity index is 0.00000280. The molecule has 0 amide bonds. The fourth-order valence-electron chi connectivity index (χ4n) is 4.32. The van der Waals surface area contributed by atoms with Crippen molar-refractivity contribution in [2.75, 3.05) is 60.6 Å². The molecule has 9 heteroatoms. The lowest BCUT2D eigenvalue weighted by molar-refractivity contribution is 0.0490. The normalized spacial score (nSPS) is 18.8. The van der Waals surface area contributed by atoms with Crippen LogP contribution in [0.15, 0.2) is 12.1 Å². The summed E-state index contributed by atoms with van der Waals surface area (Å²) >= 11 is 0. The Kier molecular flexibility index (Phi) is 14.9. The minimum atomic E-state index is 0. The molecule has 3 rings (SSSR count). The summed E-state index contributed by atoms with van der Waals surface area (Å²) in [6.45, 7) is 8.05. The number of methoxy groups -OCH3 is 3. The molecule has 0 bridgehead atoms. The van der Waals surface area contributed by atoms with E-state index >= 15 is 0 Å². The van der Waals surface area contributed by atoms with Crippen molar-refractivity contribution in [3.8, 4) is 17.2 Å². The van der Waals surface area contributed by atoms with Crippen LogP contribution >= 0.6 is 37.2 Å². The van der Waals surface area contributed by atoms with Crippen LogP contribution in [0.1, 0.15) is 31.2 Å². The van der Waals surface area contributed by atoms with Gasteiger partial charge in [-0.3, -0.25) is 4.90 Å². The molecule has 2 fully saturated rings. The van der Waals surface area contributed by atoms with Crippen LogP contribution < -0.4 is 19.5 Å². The minimum absolute atomic E-state index is 0. The zero-order chi connectivity index (χ0) is 19.1. The van der Waals surface area contributed by atoms with Crippen LogP contribution in [0.5, 0.6) is 17.2 Å². The maximum atomic E-state index is 5.43. The summed E-state index contributed by atoms with van der Waals surface area (Å²) in [7, 11) is 4.94. The molecule has 2 heterocycles. The summed E-state index contributed by atoms with van der Waals surface area (Å²) in [5.41, 5.74) is 1.14. The Hall–Kier alpha value is -0.630. The highest BCUT2D eigenvalue weighted by atomic mass is 35.5. The van der Waals surface area contributed by atoms with Gasteiger partial charge in [0, 0.05) is 32.2 Å². The van der Waals surface area contributed by atoms with Gasteiger partial charge in [-0.1, -0.05) is 6.42 Å². The predicted octanol–water partition coefficient (Wildman–Crippen LogP) is 3.63. The number of fused-ring (bicyclic) bond motifs is 1. The lowest BCUT2D eigenvalue weighted by Crippen LogP contribution is -2.54. The third kappa shape index (κ3) is 7.81. The molecule has 1 unspecified atom stereocenters. The average Bonchev–Trinajstić information content (AvgIpc) is 2.72. The largest absolute Gasteiger partial charge is 0.493 e. The van der Waals surface area contributed by atoms with Crippen molar-refractivity contribution in [2.24, 2.45) is 0 Å². The minimum Gasteiger partial charge on any atom is -0.493 e. The van der Waals surface area contributed by atoms with Gasteiger partial charge in [-0.15, -0.1) is 37.2 Å². The van der Waals surface area contributed by atoms with E-state index in [9.17, 15) is 0 Å². The van der Waals surface area contributed by atoms with Gasteiger partial charge in [0.15, 0.2) is 11.5 Å². The number of piperazine rings is 1. The molecule has 0 aliphatic carbocycles. The molecule has 1 N–H and O–H groups in total. The number of hydrogen-bond acceptors (Lipinski definition) is 6. The van der Waals surface area contributed by atoms with Gasteiger partial charge < -0.3 is 24.4 Å². The van der Waals surface area contributed by atoms with E-state index in [0.717, 1.165) is 24.7 Å². The summed E-state index contributed by atoms with van der Waals surface area (Å²) in [4.78, 5) is 5.34. The van der Waals surface area contributed by atoms with Crippen LogP contribution in [0, 0.1) is 0 Å². The van der Waals surface area contributed by atoms with Crippen molar-refractivity contribution >= 4 is 37.2 Å². The van der Waals surface area contributed by atoms with Crippen molar-refractivity contribution < 1.29 is 14.2 Å². The Morgan fingerprint density at radius 2 is 1.63 bits per heavy atom. The molecule has 0 saturated carbocycles. The Morgan fingerprint density at radius 1 is 0.933 bits per heavy atom. The fraction of sp³-hybridized carbons (Fsp3) is 0.714. The zero-order valence-corrected chi connectivity index (χ0v) is 20.8. The van der Waals surface area contributed by atoms with Gasteiger partial charge in [0.1, 0.15) is 0 Å². The van der Waals surface area contributed by atoms with E-state index in [2.05, 4.69) is 15.1 Å². The molecule has 0 radical (unpaired) electrons. The van der Waals surface area contributed by atoms with Gasteiger partial charge in [0.05, 0.1) is 21.3 Å². The highest BCUT2D eigenvalue weighted by Gasteiger charge is 2.28. The molecule has 30 heavy (non-hydrogen) atoms. The van der Waals surface area contributed by atoms with Gasteiger partial charge in [0.25, 0.3) is 0 Å². The van der Waals surface area contributed by atoms with Crippen molar-refractivity contribution in [2.45, 2.75) is 38.3 Å². The van der Waals surface area contributed by atoms with E-state index in [-0.39, 0.29) is 37.2 Å². The second kappa shape index (κ2) is 15.2. The summed E-state index contributed by atoms with van der Waals surface area (Å²) in [6, 6.07) is 4.83. The molecule has 1 aromatic carbocycles. The molecule has 2 saturated heterocycles. The number of halogens is 3. The molecule has 1 atom stereocenters. The molecule has 6 nitrogen and oxygen atoms in total. The maximum Gasteiger partial charge on any atom is 0.203 e. The molecule has 0 spiro atoms. The second-order valence-electron chi connectivity index (χ2n) is 7.55. The molecule has 2 aliphatic rings. The third-order valence-corrected chi connectivity index (χ3v) is 5.80. The highest BCUT2D eigenvalue weighted by Crippen LogP contribution is 2.38. The number of benzene rings is 1. The smallest absolute Gasteiger partial charge is 0.203 e. The fourth-order valence-corrected chi connectivity index (χ4v) is 4.32. The topological polar surface area (TPSA) is 46.2 Å². The number of rotatable bonds is 9. The first kappa shape index (κ1) is 29.4. The monoisotopic (exact) mass is 485 g/mol. The Bertz CT molecular complexity index is 585.